The summed E-state index contributed by atoms with van der Waals surface area (Å²) in [6, 6.07) is 7.90. The van der Waals surface area contributed by atoms with Gasteiger partial charge in [0.2, 0.25) is 0 Å². The first-order chi connectivity index (χ1) is 17.2. The van der Waals surface area contributed by atoms with Gasteiger partial charge in [-0.1, -0.05) is 5.16 Å². The van der Waals surface area contributed by atoms with Crippen molar-refractivity contribution in [2.24, 2.45) is 0 Å². The van der Waals surface area contributed by atoms with Crippen molar-refractivity contribution in [2.45, 2.75) is 23.4 Å². The van der Waals surface area contributed by atoms with Crippen LogP contribution in [0.15, 0.2) is 69.0 Å². The van der Waals surface area contributed by atoms with Gasteiger partial charge in [-0.05, 0) is 30.3 Å². The lowest BCUT2D eigenvalue weighted by Gasteiger charge is -2.21. The number of aromatic nitrogens is 2. The fraction of sp³-hybridized carbons (Fsp3) is 0.182. The summed E-state index contributed by atoms with van der Waals surface area (Å²) >= 11 is 0. The van der Waals surface area contributed by atoms with Crippen molar-refractivity contribution >= 4 is 36.6 Å². The highest BCUT2D eigenvalue weighted by Gasteiger charge is 2.46. The Morgan fingerprint density at radius 2 is 1.76 bits per heavy atom. The molecule has 2 aromatic carbocycles. The van der Waals surface area contributed by atoms with Crippen molar-refractivity contribution in [1.82, 2.24) is 9.72 Å². The molecule has 0 spiro atoms. The van der Waals surface area contributed by atoms with E-state index < -0.39 is 56.9 Å². The molecule has 4 rings (SSSR count). The average Bonchev–Trinajstić information content (AvgIpc) is 3.29. The first-order valence-corrected chi connectivity index (χ1v) is 11.6. The van der Waals surface area contributed by atoms with Gasteiger partial charge in [0.15, 0.2) is 5.82 Å². The number of benzene rings is 2. The molecule has 1 unspecified atom stereocenters. The minimum Gasteiger partial charge on any atom is -0.495 e. The van der Waals surface area contributed by atoms with Crippen LogP contribution in [0.3, 0.4) is 0 Å². The predicted octanol–water partition coefficient (Wildman–Crippen LogP) is 5.03. The molecule has 4 aromatic rings. The second-order valence-corrected chi connectivity index (χ2v) is 9.40. The third kappa shape index (κ3) is 5.78. The molecule has 204 valence electrons. The highest BCUT2D eigenvalue weighted by Crippen LogP contribution is 2.42. The lowest BCUT2D eigenvalue weighted by atomic mass is 10.0. The molecular weight excluding hydrogens is 563 g/mol. The summed E-state index contributed by atoms with van der Waals surface area (Å²) in [6.45, 7) is 0. The number of nitrogens with zero attached hydrogens (tertiary/aromatic N) is 2. The summed E-state index contributed by atoms with van der Waals surface area (Å²) in [6.07, 6.45) is -6.74. The Hall–Kier alpha value is -3.58. The molecule has 1 N–H and O–H groups in total. The van der Waals surface area contributed by atoms with Gasteiger partial charge in [0.1, 0.15) is 24.3 Å². The van der Waals surface area contributed by atoms with Gasteiger partial charge in [-0.25, -0.2) is 21.6 Å². The van der Waals surface area contributed by atoms with Gasteiger partial charge >= 0.3 is 6.18 Å². The molecule has 38 heavy (non-hydrogen) atoms. The van der Waals surface area contributed by atoms with Crippen molar-refractivity contribution in [2.75, 3.05) is 11.8 Å². The first-order valence-electron chi connectivity index (χ1n) is 10.1. The lowest BCUT2D eigenvalue weighted by Crippen LogP contribution is -2.25. The second kappa shape index (κ2) is 10.3. The monoisotopic (exact) mass is 581 g/mol. The van der Waals surface area contributed by atoms with Crippen LogP contribution in [0.4, 0.5) is 32.2 Å². The van der Waals surface area contributed by atoms with Crippen LogP contribution < -0.4 is 15.0 Å². The maximum Gasteiger partial charge on any atom is 0.395 e. The minimum atomic E-state index is -5.28. The number of ether oxygens (including phenoxy) is 1. The standard InChI is InChI=1S/C22H15F6N3O5S.H3P/c1-35-18-9-14(21(24,25)11-22(26,27)28)15(23)10-17(18)31-16-4-3-13(8-12(16)2-5-20(31)32)37(33,34)30-19-6-7-36-29-19;/h2-10H,11H2,1H3,(H,29,30);1H3. The number of halogens is 6. The normalized spacial score (nSPS) is 12.3. The maximum absolute atomic E-state index is 14.7. The van der Waals surface area contributed by atoms with Crippen molar-refractivity contribution in [1.29, 1.82) is 0 Å². The average molecular weight is 581 g/mol. The van der Waals surface area contributed by atoms with Gasteiger partial charge in [0.05, 0.1) is 28.8 Å². The summed E-state index contributed by atoms with van der Waals surface area (Å²) in [7, 11) is -3.14. The molecule has 2 heterocycles. The van der Waals surface area contributed by atoms with Crippen LogP contribution in [0, 0.1) is 5.82 Å². The van der Waals surface area contributed by atoms with E-state index in [9.17, 15) is 39.6 Å². The first kappa shape index (κ1) is 29.0. The van der Waals surface area contributed by atoms with E-state index in [0.29, 0.717) is 12.1 Å². The Kier molecular flexibility index (Phi) is 7.85. The van der Waals surface area contributed by atoms with Crippen LogP contribution in [0.2, 0.25) is 0 Å². The van der Waals surface area contributed by atoms with Crippen LogP contribution in [0.25, 0.3) is 16.6 Å². The van der Waals surface area contributed by atoms with E-state index >= 15 is 0 Å². The van der Waals surface area contributed by atoms with Crippen LogP contribution in [-0.4, -0.2) is 31.4 Å². The van der Waals surface area contributed by atoms with Gasteiger partial charge in [0, 0.05) is 23.6 Å². The summed E-state index contributed by atoms with van der Waals surface area (Å²) < 4.78 is 119. The molecule has 0 saturated carbocycles. The SMILES string of the molecule is COc1cc(C(F)(F)CC(F)(F)F)c(F)cc1-n1c(=O)ccc2cc(S(=O)(=O)Nc3ccon3)ccc21.P. The van der Waals surface area contributed by atoms with Crippen molar-refractivity contribution < 1.29 is 44.0 Å². The fourth-order valence-corrected chi connectivity index (χ4v) is 4.64. The van der Waals surface area contributed by atoms with E-state index in [1.807, 2.05) is 0 Å². The minimum absolute atomic E-state index is 0. The number of rotatable bonds is 7. The van der Waals surface area contributed by atoms with Crippen LogP contribution in [0.5, 0.6) is 5.75 Å². The molecule has 2 aromatic heterocycles. The molecule has 0 bridgehead atoms. The van der Waals surface area contributed by atoms with Crippen molar-refractivity contribution in [3.8, 4) is 11.4 Å². The molecule has 0 fully saturated rings. The Morgan fingerprint density at radius 1 is 1.05 bits per heavy atom. The van der Waals surface area contributed by atoms with E-state index in [0.717, 1.165) is 30.1 Å². The predicted molar refractivity (Wildman–Crippen MR) is 129 cm³/mol. The number of sulfonamides is 1. The van der Waals surface area contributed by atoms with Crippen LogP contribution in [0.1, 0.15) is 12.0 Å². The van der Waals surface area contributed by atoms with E-state index in [4.69, 9.17) is 4.74 Å². The van der Waals surface area contributed by atoms with Crippen LogP contribution >= 0.6 is 9.90 Å². The Morgan fingerprint density at radius 3 is 2.37 bits per heavy atom. The number of pyridine rings is 1. The zero-order chi connectivity index (χ0) is 27.2. The maximum atomic E-state index is 14.7. The van der Waals surface area contributed by atoms with E-state index in [1.165, 1.54) is 24.3 Å². The summed E-state index contributed by atoms with van der Waals surface area (Å²) in [5, 5.41) is 3.61. The molecular formula is C22H18F6N3O5PS. The molecule has 0 radical (unpaired) electrons. The summed E-state index contributed by atoms with van der Waals surface area (Å²) in [5.74, 6) is -6.92. The van der Waals surface area contributed by atoms with Gasteiger partial charge in [-0.2, -0.15) is 23.1 Å². The lowest BCUT2D eigenvalue weighted by molar-refractivity contribution is -0.191. The summed E-state index contributed by atoms with van der Waals surface area (Å²) in [4.78, 5) is 12.5. The number of methoxy groups -OCH3 is 1. The largest absolute Gasteiger partial charge is 0.495 e. The van der Waals surface area contributed by atoms with Gasteiger partial charge in [-0.15, -0.1) is 0 Å². The third-order valence-electron chi connectivity index (χ3n) is 5.18. The second-order valence-electron chi connectivity index (χ2n) is 7.72. The Labute approximate surface area is 213 Å². The number of anilines is 1. The Balaban J connectivity index is 0.00000400. The van der Waals surface area contributed by atoms with E-state index in [1.54, 1.807) is 0 Å². The van der Waals surface area contributed by atoms with Crippen LogP contribution in [-0.2, 0) is 15.9 Å². The van der Waals surface area contributed by atoms with E-state index in [-0.39, 0.29) is 31.5 Å². The van der Waals surface area contributed by atoms with Crippen molar-refractivity contribution in [3.05, 3.63) is 76.5 Å². The van der Waals surface area contributed by atoms with Gasteiger partial charge < -0.3 is 9.26 Å². The number of nitrogens with one attached hydrogen (secondary N) is 1. The van der Waals surface area contributed by atoms with Gasteiger partial charge in [-0.3, -0.25) is 14.1 Å². The highest BCUT2D eigenvalue weighted by molar-refractivity contribution is 7.92. The highest BCUT2D eigenvalue weighted by atomic mass is 32.2. The zero-order valence-electron chi connectivity index (χ0n) is 19.2. The third-order valence-corrected chi connectivity index (χ3v) is 6.53. The smallest absolute Gasteiger partial charge is 0.395 e. The molecule has 0 amide bonds. The molecule has 8 nitrogen and oxygen atoms in total. The van der Waals surface area contributed by atoms with Gasteiger partial charge in [0.25, 0.3) is 21.5 Å². The Bertz CT molecular complexity index is 1640. The van der Waals surface area contributed by atoms with Crippen molar-refractivity contribution in [3.63, 3.8) is 0 Å². The molecule has 16 heteroatoms. The topological polar surface area (TPSA) is 103 Å². The fourth-order valence-electron chi connectivity index (χ4n) is 3.61. The molecule has 0 aliphatic rings. The quantitative estimate of drug-likeness (QED) is 0.243. The number of hydrogen-bond donors (Lipinski definition) is 1. The molecule has 0 aliphatic heterocycles. The van der Waals surface area contributed by atoms with E-state index in [2.05, 4.69) is 14.4 Å². The number of alkyl halides is 5. The number of fused-ring (bicyclic) bond motifs is 1. The summed E-state index contributed by atoms with van der Waals surface area (Å²) in [5.41, 5.74) is -2.71. The molecule has 1 atom stereocenters. The molecule has 0 saturated heterocycles. The number of hydrogen-bond acceptors (Lipinski definition) is 6. The molecule has 0 aliphatic carbocycles. The zero-order valence-corrected chi connectivity index (χ0v) is 21.5.